The molecule has 28 heavy (non-hydrogen) atoms. The van der Waals surface area contributed by atoms with Crippen molar-refractivity contribution in [3.8, 4) is 0 Å². The fourth-order valence-electron chi connectivity index (χ4n) is 3.06. The first-order valence-corrected chi connectivity index (χ1v) is 9.79. The van der Waals surface area contributed by atoms with Gasteiger partial charge in [0, 0.05) is 44.0 Å². The maximum Gasteiger partial charge on any atom is 0.254 e. The van der Waals surface area contributed by atoms with Crippen molar-refractivity contribution >= 4 is 29.8 Å². The van der Waals surface area contributed by atoms with Crippen LogP contribution < -0.4 is 5.43 Å². The Balaban J connectivity index is 1.33. The SMILES string of the molecule is O=C(CN1CCN(Cc2ccc(Cl)cc2)CC1)N/N=C/C=C/c1ccccc1. The summed E-state index contributed by atoms with van der Waals surface area (Å²) in [5.41, 5.74) is 4.94. The summed E-state index contributed by atoms with van der Waals surface area (Å²) in [5.74, 6) is -0.0875. The molecule has 2 aromatic rings. The number of amides is 1. The zero-order chi connectivity index (χ0) is 19.6. The predicted octanol–water partition coefficient (Wildman–Crippen LogP) is 3.27. The van der Waals surface area contributed by atoms with E-state index in [0.29, 0.717) is 6.54 Å². The highest BCUT2D eigenvalue weighted by atomic mass is 35.5. The van der Waals surface area contributed by atoms with Crippen molar-refractivity contribution in [1.29, 1.82) is 0 Å². The number of carbonyl (C=O) groups is 1. The number of rotatable bonds is 7. The Morgan fingerprint density at radius 3 is 2.39 bits per heavy atom. The average molecular weight is 397 g/mol. The lowest BCUT2D eigenvalue weighted by Crippen LogP contribution is -2.48. The molecule has 1 aliphatic rings. The van der Waals surface area contributed by atoms with Gasteiger partial charge in [-0.05, 0) is 29.3 Å². The van der Waals surface area contributed by atoms with Gasteiger partial charge in [-0.3, -0.25) is 14.6 Å². The van der Waals surface area contributed by atoms with E-state index in [4.69, 9.17) is 11.6 Å². The number of hydrogen-bond donors (Lipinski definition) is 1. The first-order chi connectivity index (χ1) is 13.7. The molecule has 0 saturated carbocycles. The summed E-state index contributed by atoms with van der Waals surface area (Å²) in [4.78, 5) is 16.6. The molecule has 5 nitrogen and oxygen atoms in total. The Kier molecular flexibility index (Phi) is 7.79. The van der Waals surface area contributed by atoms with Crippen molar-refractivity contribution in [3.05, 3.63) is 76.8 Å². The minimum Gasteiger partial charge on any atom is -0.297 e. The monoisotopic (exact) mass is 396 g/mol. The van der Waals surface area contributed by atoms with Gasteiger partial charge in [0.05, 0.1) is 6.54 Å². The quantitative estimate of drug-likeness (QED) is 0.577. The molecule has 2 aromatic carbocycles. The van der Waals surface area contributed by atoms with Crippen LogP contribution >= 0.6 is 11.6 Å². The number of piperazine rings is 1. The van der Waals surface area contributed by atoms with Crippen LogP contribution in [-0.2, 0) is 11.3 Å². The molecular formula is C22H25ClN4O. The van der Waals surface area contributed by atoms with Crippen LogP contribution in [0, 0.1) is 0 Å². The molecule has 1 saturated heterocycles. The Morgan fingerprint density at radius 1 is 1.00 bits per heavy atom. The minimum atomic E-state index is -0.0875. The highest BCUT2D eigenvalue weighted by molar-refractivity contribution is 6.30. The van der Waals surface area contributed by atoms with Gasteiger partial charge in [-0.1, -0.05) is 60.1 Å². The fourth-order valence-corrected chi connectivity index (χ4v) is 3.19. The molecule has 0 unspecified atom stereocenters. The molecule has 0 atom stereocenters. The Hall–Kier alpha value is -2.47. The molecule has 0 radical (unpaired) electrons. The van der Waals surface area contributed by atoms with E-state index < -0.39 is 0 Å². The van der Waals surface area contributed by atoms with Gasteiger partial charge in [0.25, 0.3) is 5.91 Å². The topological polar surface area (TPSA) is 47.9 Å². The predicted molar refractivity (Wildman–Crippen MR) is 115 cm³/mol. The highest BCUT2D eigenvalue weighted by Gasteiger charge is 2.18. The molecule has 3 rings (SSSR count). The number of carbonyl (C=O) groups excluding carboxylic acids is 1. The number of nitrogens with zero attached hydrogens (tertiary/aromatic N) is 3. The van der Waals surface area contributed by atoms with Gasteiger partial charge < -0.3 is 0 Å². The third-order valence-electron chi connectivity index (χ3n) is 4.59. The van der Waals surface area contributed by atoms with E-state index in [2.05, 4.69) is 32.5 Å². The normalized spacial score (nSPS) is 16.0. The number of nitrogens with one attached hydrogen (secondary N) is 1. The van der Waals surface area contributed by atoms with Crippen molar-refractivity contribution < 1.29 is 4.79 Å². The maximum absolute atomic E-state index is 12.0. The second-order valence-corrected chi connectivity index (χ2v) is 7.20. The van der Waals surface area contributed by atoms with E-state index in [1.165, 1.54) is 5.56 Å². The lowest BCUT2D eigenvalue weighted by Gasteiger charge is -2.34. The molecule has 0 bridgehead atoms. The summed E-state index contributed by atoms with van der Waals surface area (Å²) >= 11 is 5.93. The van der Waals surface area contributed by atoms with Crippen LogP contribution in [0.25, 0.3) is 6.08 Å². The molecule has 6 heteroatoms. The van der Waals surface area contributed by atoms with Crippen LogP contribution in [0.2, 0.25) is 5.02 Å². The standard InChI is InChI=1S/C22H25ClN4O/c23-21-10-8-20(9-11-21)17-26-13-15-27(16-14-26)18-22(28)25-24-12-4-7-19-5-2-1-3-6-19/h1-12H,13-18H2,(H,25,28)/b7-4+,24-12+. The lowest BCUT2D eigenvalue weighted by atomic mass is 10.2. The van der Waals surface area contributed by atoms with Crippen LogP contribution in [0.5, 0.6) is 0 Å². The first kappa shape index (κ1) is 20.3. The molecule has 1 N–H and O–H groups in total. The van der Waals surface area contributed by atoms with E-state index in [1.807, 2.05) is 54.6 Å². The van der Waals surface area contributed by atoms with Crippen LogP contribution in [-0.4, -0.2) is 54.6 Å². The Bertz CT molecular complexity index is 797. The molecule has 1 amide bonds. The van der Waals surface area contributed by atoms with Crippen molar-refractivity contribution in [2.45, 2.75) is 6.54 Å². The zero-order valence-electron chi connectivity index (χ0n) is 15.8. The van der Waals surface area contributed by atoms with Crippen LogP contribution in [0.1, 0.15) is 11.1 Å². The average Bonchev–Trinajstić information content (AvgIpc) is 2.72. The van der Waals surface area contributed by atoms with Crippen molar-refractivity contribution in [2.75, 3.05) is 32.7 Å². The second kappa shape index (κ2) is 10.8. The fraction of sp³-hybridized carbons (Fsp3) is 0.273. The first-order valence-electron chi connectivity index (χ1n) is 9.42. The van der Waals surface area contributed by atoms with Crippen LogP contribution in [0.4, 0.5) is 0 Å². The summed E-state index contributed by atoms with van der Waals surface area (Å²) < 4.78 is 0. The zero-order valence-corrected chi connectivity index (χ0v) is 16.6. The molecule has 1 heterocycles. The number of benzene rings is 2. The summed E-state index contributed by atoms with van der Waals surface area (Å²) in [5, 5.41) is 4.73. The molecular weight excluding hydrogens is 372 g/mol. The van der Waals surface area contributed by atoms with E-state index in [9.17, 15) is 4.79 Å². The summed E-state index contributed by atoms with van der Waals surface area (Å²) in [6, 6.07) is 17.9. The van der Waals surface area contributed by atoms with Gasteiger partial charge in [-0.2, -0.15) is 5.10 Å². The van der Waals surface area contributed by atoms with Gasteiger partial charge in [0.15, 0.2) is 0 Å². The maximum atomic E-state index is 12.0. The molecule has 1 fully saturated rings. The van der Waals surface area contributed by atoms with Gasteiger partial charge in [-0.15, -0.1) is 0 Å². The van der Waals surface area contributed by atoms with Gasteiger partial charge >= 0.3 is 0 Å². The lowest BCUT2D eigenvalue weighted by molar-refractivity contribution is -0.122. The third kappa shape index (κ3) is 6.93. The molecule has 0 aliphatic carbocycles. The number of hydrazone groups is 1. The van der Waals surface area contributed by atoms with Gasteiger partial charge in [0.2, 0.25) is 0 Å². The number of allylic oxidation sites excluding steroid dienone is 1. The summed E-state index contributed by atoms with van der Waals surface area (Å²) in [7, 11) is 0. The van der Waals surface area contributed by atoms with Crippen molar-refractivity contribution in [3.63, 3.8) is 0 Å². The largest absolute Gasteiger partial charge is 0.297 e. The van der Waals surface area contributed by atoms with E-state index in [1.54, 1.807) is 6.21 Å². The smallest absolute Gasteiger partial charge is 0.254 e. The summed E-state index contributed by atoms with van der Waals surface area (Å²) in [6.45, 7) is 4.92. The summed E-state index contributed by atoms with van der Waals surface area (Å²) in [6.07, 6.45) is 5.34. The van der Waals surface area contributed by atoms with Gasteiger partial charge in [-0.25, -0.2) is 5.43 Å². The van der Waals surface area contributed by atoms with Crippen LogP contribution in [0.3, 0.4) is 0 Å². The van der Waals surface area contributed by atoms with Crippen LogP contribution in [0.15, 0.2) is 65.8 Å². The Morgan fingerprint density at radius 2 is 1.68 bits per heavy atom. The van der Waals surface area contributed by atoms with Crippen molar-refractivity contribution in [2.24, 2.45) is 5.10 Å². The third-order valence-corrected chi connectivity index (χ3v) is 4.84. The van der Waals surface area contributed by atoms with Crippen molar-refractivity contribution in [1.82, 2.24) is 15.2 Å². The van der Waals surface area contributed by atoms with E-state index in [0.717, 1.165) is 43.3 Å². The highest BCUT2D eigenvalue weighted by Crippen LogP contribution is 2.12. The molecule has 0 spiro atoms. The number of hydrogen-bond acceptors (Lipinski definition) is 4. The van der Waals surface area contributed by atoms with E-state index in [-0.39, 0.29) is 5.91 Å². The molecule has 146 valence electrons. The second-order valence-electron chi connectivity index (χ2n) is 6.76. The van der Waals surface area contributed by atoms with E-state index >= 15 is 0 Å². The molecule has 0 aromatic heterocycles. The number of halogens is 1. The Labute approximate surface area is 171 Å². The van der Waals surface area contributed by atoms with Gasteiger partial charge in [0.1, 0.15) is 0 Å². The molecule has 1 aliphatic heterocycles. The minimum absolute atomic E-state index is 0.0875.